The molecule has 1 heterocycles. The zero-order chi connectivity index (χ0) is 14.3. The van der Waals surface area contributed by atoms with Crippen LogP contribution < -0.4 is 0 Å². The van der Waals surface area contributed by atoms with E-state index in [9.17, 15) is 9.59 Å². The number of carboxylic acid groups (broad SMARTS) is 1. The van der Waals surface area contributed by atoms with Crippen LogP contribution in [-0.2, 0) is 9.22 Å². The second-order valence-corrected chi connectivity index (χ2v) is 11.0. The first-order valence-electron chi connectivity index (χ1n) is 6.06. The Morgan fingerprint density at radius 2 is 2.00 bits per heavy atom. The van der Waals surface area contributed by atoms with E-state index >= 15 is 0 Å². The van der Waals surface area contributed by atoms with Crippen LogP contribution in [0.15, 0.2) is 0 Å². The summed E-state index contributed by atoms with van der Waals surface area (Å²) in [7, 11) is -1.93. The summed E-state index contributed by atoms with van der Waals surface area (Å²) >= 11 is 0. The molecule has 0 unspecified atom stereocenters. The number of carbonyl (C=O) groups is 2. The highest BCUT2D eigenvalue weighted by Crippen LogP contribution is 2.39. The Morgan fingerprint density at radius 3 is 2.33 bits per heavy atom. The molecule has 0 aromatic carbocycles. The number of nitrogens with zero attached hydrogens (tertiary/aromatic N) is 1. The highest BCUT2D eigenvalue weighted by atomic mass is 28.4. The number of amides is 2. The Hall–Kier alpha value is -0.883. The van der Waals surface area contributed by atoms with E-state index < -0.39 is 26.2 Å². The number of imide groups is 1. The van der Waals surface area contributed by atoms with Crippen molar-refractivity contribution in [3.8, 4) is 0 Å². The second kappa shape index (κ2) is 4.66. The second-order valence-electron chi connectivity index (χ2n) is 6.25. The maximum atomic E-state index is 11.6. The summed E-state index contributed by atoms with van der Waals surface area (Å²) in [6, 6.07) is 0. The van der Waals surface area contributed by atoms with Gasteiger partial charge in [-0.2, -0.15) is 0 Å². The zero-order valence-electron chi connectivity index (χ0n) is 11.9. The van der Waals surface area contributed by atoms with Crippen LogP contribution in [0, 0.1) is 12.5 Å². The molecule has 0 saturated carbocycles. The molecule has 5 nitrogen and oxygen atoms in total. The molecule has 0 aromatic heterocycles. The molecule has 2 amide bonds. The van der Waals surface area contributed by atoms with Gasteiger partial charge in [-0.15, -0.1) is 0 Å². The number of hydrogen-bond donors (Lipinski definition) is 1. The summed E-state index contributed by atoms with van der Waals surface area (Å²) in [5.41, 5.74) is 0. The van der Waals surface area contributed by atoms with Crippen LogP contribution in [0.2, 0.25) is 18.1 Å². The summed E-state index contributed by atoms with van der Waals surface area (Å²) < 4.78 is 6.07. The average molecular weight is 272 g/mol. The minimum absolute atomic E-state index is 0.0700. The van der Waals surface area contributed by atoms with E-state index in [2.05, 4.69) is 33.9 Å². The normalized spacial score (nSPS) is 22.7. The van der Waals surface area contributed by atoms with Crippen molar-refractivity contribution in [2.45, 2.75) is 51.9 Å². The Labute approximate surface area is 109 Å². The van der Waals surface area contributed by atoms with Gasteiger partial charge in [0.15, 0.2) is 8.32 Å². The van der Waals surface area contributed by atoms with Crippen LogP contribution in [0.25, 0.3) is 0 Å². The third kappa shape index (κ3) is 2.75. The van der Waals surface area contributed by atoms with E-state index in [1.165, 1.54) is 6.54 Å². The lowest BCUT2D eigenvalue weighted by Crippen LogP contribution is -2.57. The number of carbonyl (C=O) groups excluding carboxylic acids is 1. The predicted octanol–water partition coefficient (Wildman–Crippen LogP) is 2.69. The van der Waals surface area contributed by atoms with Gasteiger partial charge in [0, 0.05) is 0 Å². The molecule has 1 N–H and O–H groups in total. The highest BCUT2D eigenvalue weighted by Gasteiger charge is 2.48. The van der Waals surface area contributed by atoms with E-state index in [1.54, 1.807) is 0 Å². The molecule has 2 atom stereocenters. The van der Waals surface area contributed by atoms with Gasteiger partial charge >= 0.3 is 6.09 Å². The summed E-state index contributed by atoms with van der Waals surface area (Å²) in [5, 5.41) is 8.78. The molecule has 1 rings (SSSR count). The van der Waals surface area contributed by atoms with Crippen molar-refractivity contribution in [2.24, 2.45) is 5.92 Å². The molecule has 0 aromatic rings. The van der Waals surface area contributed by atoms with Crippen LogP contribution in [0.5, 0.6) is 0 Å². The van der Waals surface area contributed by atoms with Crippen LogP contribution in [0.4, 0.5) is 4.79 Å². The SMILES string of the molecule is C[C@@H](O[Si](C)(C)C(C)(C)C)[C@@H]1[CH]N(C(=O)O)C1=O. The van der Waals surface area contributed by atoms with E-state index in [0.717, 1.165) is 4.90 Å². The van der Waals surface area contributed by atoms with E-state index in [4.69, 9.17) is 9.53 Å². The lowest BCUT2D eigenvalue weighted by molar-refractivity contribution is -0.143. The number of hydrogen-bond acceptors (Lipinski definition) is 3. The molecular formula is C12H22NO4Si. The van der Waals surface area contributed by atoms with Gasteiger partial charge in [-0.25, -0.2) is 9.69 Å². The third-order valence-electron chi connectivity index (χ3n) is 3.83. The standard InChI is InChI=1S/C12H22NO4Si/c1-8(17-18(5,6)12(2,3)4)9-7-13(10(9)14)11(15)16/h7-9H,1-6H3,(H,15,16)/t8-,9+/m1/s1. The van der Waals surface area contributed by atoms with Crippen molar-refractivity contribution >= 4 is 20.3 Å². The fraction of sp³-hybridized carbons (Fsp3) is 0.750. The fourth-order valence-corrected chi connectivity index (χ4v) is 3.00. The van der Waals surface area contributed by atoms with E-state index in [-0.39, 0.29) is 11.1 Å². The number of β-lactam (4-membered cyclic amide) rings is 1. The van der Waals surface area contributed by atoms with Crippen LogP contribution in [0.3, 0.4) is 0 Å². The molecule has 0 bridgehead atoms. The van der Waals surface area contributed by atoms with Gasteiger partial charge in [-0.3, -0.25) is 4.79 Å². The van der Waals surface area contributed by atoms with Gasteiger partial charge in [0.1, 0.15) is 0 Å². The zero-order valence-corrected chi connectivity index (χ0v) is 12.9. The quantitative estimate of drug-likeness (QED) is 0.633. The first kappa shape index (κ1) is 15.2. The molecule has 1 saturated heterocycles. The minimum Gasteiger partial charge on any atom is -0.465 e. The van der Waals surface area contributed by atoms with Gasteiger partial charge in [0.05, 0.1) is 18.6 Å². The molecule has 103 valence electrons. The van der Waals surface area contributed by atoms with E-state index in [0.29, 0.717) is 0 Å². The number of rotatable bonds is 3. The van der Waals surface area contributed by atoms with Crippen molar-refractivity contribution in [1.82, 2.24) is 4.90 Å². The smallest absolute Gasteiger partial charge is 0.414 e. The molecule has 1 aliphatic heterocycles. The van der Waals surface area contributed by atoms with Gasteiger partial charge in [0.2, 0.25) is 5.91 Å². The van der Waals surface area contributed by atoms with Gasteiger partial charge in [0.25, 0.3) is 0 Å². The topological polar surface area (TPSA) is 66.8 Å². The van der Waals surface area contributed by atoms with Gasteiger partial charge in [-0.1, -0.05) is 20.8 Å². The van der Waals surface area contributed by atoms with Crippen molar-refractivity contribution in [1.29, 1.82) is 0 Å². The lowest BCUT2D eigenvalue weighted by atomic mass is 9.94. The maximum Gasteiger partial charge on any atom is 0.414 e. The van der Waals surface area contributed by atoms with Crippen molar-refractivity contribution in [3.63, 3.8) is 0 Å². The molecule has 1 fully saturated rings. The molecule has 0 aliphatic carbocycles. The lowest BCUT2D eigenvalue weighted by Gasteiger charge is -2.43. The van der Waals surface area contributed by atoms with Crippen LogP contribution >= 0.6 is 0 Å². The molecule has 1 aliphatic rings. The van der Waals surface area contributed by atoms with E-state index in [1.807, 2.05) is 6.92 Å². The average Bonchev–Trinajstić information content (AvgIpc) is 2.11. The molecule has 0 spiro atoms. The Morgan fingerprint density at radius 1 is 1.50 bits per heavy atom. The summed E-state index contributed by atoms with van der Waals surface area (Å²) in [5.74, 6) is -0.830. The first-order valence-corrected chi connectivity index (χ1v) is 8.97. The Kier molecular flexibility index (Phi) is 3.93. The van der Waals surface area contributed by atoms with Crippen LogP contribution in [0.1, 0.15) is 27.7 Å². The Bertz CT molecular complexity index is 362. The Balaban J connectivity index is 2.62. The van der Waals surface area contributed by atoms with Crippen LogP contribution in [-0.4, -0.2) is 36.4 Å². The first-order chi connectivity index (χ1) is 7.97. The largest absolute Gasteiger partial charge is 0.465 e. The van der Waals surface area contributed by atoms with Crippen molar-refractivity contribution in [2.75, 3.05) is 0 Å². The predicted molar refractivity (Wildman–Crippen MR) is 70.4 cm³/mol. The van der Waals surface area contributed by atoms with Gasteiger partial charge < -0.3 is 9.53 Å². The highest BCUT2D eigenvalue weighted by molar-refractivity contribution is 6.74. The molecule has 18 heavy (non-hydrogen) atoms. The van der Waals surface area contributed by atoms with Crippen molar-refractivity contribution in [3.05, 3.63) is 6.54 Å². The molecule has 1 radical (unpaired) electrons. The summed E-state index contributed by atoms with van der Waals surface area (Å²) in [6.45, 7) is 13.9. The molecular weight excluding hydrogens is 250 g/mol. The number of likely N-dealkylation sites (tertiary alicyclic amines) is 1. The third-order valence-corrected chi connectivity index (χ3v) is 8.40. The van der Waals surface area contributed by atoms with Crippen molar-refractivity contribution < 1.29 is 19.1 Å². The summed E-state index contributed by atoms with van der Waals surface area (Å²) in [4.78, 5) is 23.0. The minimum atomic E-state index is -1.93. The monoisotopic (exact) mass is 272 g/mol. The fourth-order valence-electron chi connectivity index (χ4n) is 1.57. The maximum absolute atomic E-state index is 11.6. The summed E-state index contributed by atoms with van der Waals surface area (Å²) in [6.07, 6.45) is -1.50. The van der Waals surface area contributed by atoms with Gasteiger partial charge in [-0.05, 0) is 25.1 Å². The molecule has 6 heteroatoms.